The van der Waals surface area contributed by atoms with Crippen molar-refractivity contribution in [2.24, 2.45) is 0 Å². The van der Waals surface area contributed by atoms with Gasteiger partial charge in [0.15, 0.2) is 0 Å². The minimum atomic E-state index is -3.27. The van der Waals surface area contributed by atoms with Crippen molar-refractivity contribution in [2.45, 2.75) is 32.9 Å². The molecule has 1 aliphatic rings. The van der Waals surface area contributed by atoms with Crippen molar-refractivity contribution in [1.82, 2.24) is 4.90 Å². The lowest BCUT2D eigenvalue weighted by atomic mass is 10.1. The van der Waals surface area contributed by atoms with Crippen molar-refractivity contribution < 1.29 is 18.0 Å². The summed E-state index contributed by atoms with van der Waals surface area (Å²) >= 11 is 0. The van der Waals surface area contributed by atoms with Crippen LogP contribution in [-0.2, 0) is 21.2 Å². The van der Waals surface area contributed by atoms with Crippen LogP contribution in [0.25, 0.3) is 0 Å². The highest BCUT2D eigenvalue weighted by Crippen LogP contribution is 2.27. The minimum absolute atomic E-state index is 0.0509. The lowest BCUT2D eigenvalue weighted by Crippen LogP contribution is -2.45. The Balaban J connectivity index is 1.87. The number of rotatable bonds is 6. The number of benzene rings is 2. The van der Waals surface area contributed by atoms with E-state index < -0.39 is 15.9 Å². The highest BCUT2D eigenvalue weighted by molar-refractivity contribution is 7.90. The molecule has 0 saturated heterocycles. The molecule has 7 heteroatoms. The molecule has 0 fully saturated rings. The molecule has 6 nitrogen and oxygen atoms in total. The number of nitrogens with one attached hydrogen (secondary N) is 1. The number of amides is 2. The molecule has 0 radical (unpaired) electrons. The molecule has 1 atom stereocenters. The molecular weight excluding hydrogens is 376 g/mol. The van der Waals surface area contributed by atoms with Crippen LogP contribution < -0.4 is 5.32 Å². The van der Waals surface area contributed by atoms with Gasteiger partial charge in [-0.2, -0.15) is 0 Å². The molecule has 0 aliphatic carbocycles. The number of fused-ring (bicyclic) bond motifs is 1. The zero-order chi connectivity index (χ0) is 20.5. The van der Waals surface area contributed by atoms with Crippen LogP contribution in [0, 0.1) is 13.8 Å². The second-order valence-electron chi connectivity index (χ2n) is 7.33. The highest BCUT2D eigenvalue weighted by atomic mass is 32.2. The molecule has 148 valence electrons. The topological polar surface area (TPSA) is 83.6 Å². The number of carbonyl (C=O) groups excluding carboxylic acids is 2. The molecule has 0 aromatic heterocycles. The van der Waals surface area contributed by atoms with Crippen LogP contribution in [0.2, 0.25) is 0 Å². The van der Waals surface area contributed by atoms with E-state index in [0.29, 0.717) is 17.8 Å². The Labute approximate surface area is 165 Å². The summed E-state index contributed by atoms with van der Waals surface area (Å²) < 4.78 is 23.4. The standard InChI is InChI=1S/C21H24N2O4S/c1-14-8-9-18(15(2)12-14)22-20(24)19(10-11-28(3,26)27)23-13-16-6-4-5-7-17(16)21(23)25/h4-9,12,19H,10-11,13H2,1-3H3,(H,22,24)/t19-/m0/s1. The van der Waals surface area contributed by atoms with Crippen LogP contribution in [0.5, 0.6) is 0 Å². The van der Waals surface area contributed by atoms with Gasteiger partial charge in [-0.3, -0.25) is 9.59 Å². The molecule has 2 aromatic carbocycles. The monoisotopic (exact) mass is 400 g/mol. The maximum atomic E-state index is 13.1. The summed E-state index contributed by atoms with van der Waals surface area (Å²) in [5, 5.41) is 2.87. The Hall–Kier alpha value is -2.67. The van der Waals surface area contributed by atoms with Crippen LogP contribution in [0.15, 0.2) is 42.5 Å². The molecule has 0 saturated carbocycles. The van der Waals surface area contributed by atoms with Gasteiger partial charge in [0.1, 0.15) is 15.9 Å². The van der Waals surface area contributed by atoms with Gasteiger partial charge in [-0.15, -0.1) is 0 Å². The number of sulfone groups is 1. The fourth-order valence-electron chi connectivity index (χ4n) is 3.45. The number of hydrogen-bond donors (Lipinski definition) is 1. The first-order valence-electron chi connectivity index (χ1n) is 9.10. The molecule has 0 spiro atoms. The van der Waals surface area contributed by atoms with Crippen LogP contribution in [0.4, 0.5) is 5.69 Å². The first-order chi connectivity index (χ1) is 13.2. The van der Waals surface area contributed by atoms with Crippen molar-refractivity contribution in [1.29, 1.82) is 0 Å². The molecule has 1 aliphatic heterocycles. The molecule has 2 amide bonds. The summed E-state index contributed by atoms with van der Waals surface area (Å²) in [4.78, 5) is 27.3. The van der Waals surface area contributed by atoms with Crippen molar-refractivity contribution in [3.8, 4) is 0 Å². The average Bonchev–Trinajstić information content (AvgIpc) is 2.94. The van der Waals surface area contributed by atoms with Gasteiger partial charge in [0.2, 0.25) is 5.91 Å². The number of nitrogens with zero attached hydrogens (tertiary/aromatic N) is 1. The van der Waals surface area contributed by atoms with Crippen molar-refractivity contribution >= 4 is 27.3 Å². The zero-order valence-electron chi connectivity index (χ0n) is 16.2. The SMILES string of the molecule is Cc1ccc(NC(=O)[C@H](CCS(C)(=O)=O)N2Cc3ccccc3C2=O)c(C)c1. The minimum Gasteiger partial charge on any atom is -0.324 e. The van der Waals surface area contributed by atoms with Crippen molar-refractivity contribution in [3.63, 3.8) is 0 Å². The first kappa shape index (κ1) is 20.1. The van der Waals surface area contributed by atoms with Crippen LogP contribution in [0.1, 0.15) is 33.5 Å². The van der Waals surface area contributed by atoms with E-state index in [0.717, 1.165) is 22.9 Å². The molecule has 3 rings (SSSR count). The van der Waals surface area contributed by atoms with Gasteiger partial charge in [0.25, 0.3) is 5.91 Å². The van der Waals surface area contributed by atoms with Gasteiger partial charge < -0.3 is 10.2 Å². The van der Waals surface area contributed by atoms with E-state index >= 15 is 0 Å². The highest BCUT2D eigenvalue weighted by Gasteiger charge is 2.36. The van der Waals surface area contributed by atoms with Gasteiger partial charge in [-0.25, -0.2) is 8.42 Å². The average molecular weight is 401 g/mol. The van der Waals surface area contributed by atoms with E-state index in [1.807, 2.05) is 44.2 Å². The Bertz CT molecular complexity index is 1030. The number of carbonyl (C=O) groups is 2. The fourth-order valence-corrected chi connectivity index (χ4v) is 4.10. The Morgan fingerprint density at radius 3 is 2.54 bits per heavy atom. The molecule has 0 bridgehead atoms. The first-order valence-corrected chi connectivity index (χ1v) is 11.2. The predicted octanol–water partition coefficient (Wildman–Crippen LogP) is 2.70. The zero-order valence-corrected chi connectivity index (χ0v) is 17.0. The second kappa shape index (κ2) is 7.75. The fraction of sp³-hybridized carbons (Fsp3) is 0.333. The second-order valence-corrected chi connectivity index (χ2v) is 9.59. The van der Waals surface area contributed by atoms with Gasteiger partial charge in [0.05, 0.1) is 5.75 Å². The van der Waals surface area contributed by atoms with Gasteiger partial charge >= 0.3 is 0 Å². The maximum Gasteiger partial charge on any atom is 0.255 e. The van der Waals surface area contributed by atoms with Gasteiger partial charge in [0, 0.05) is 24.1 Å². The van der Waals surface area contributed by atoms with Crippen LogP contribution in [-0.4, -0.2) is 43.2 Å². The molecule has 1 N–H and O–H groups in total. The number of hydrogen-bond acceptors (Lipinski definition) is 4. The quantitative estimate of drug-likeness (QED) is 0.808. The van der Waals surface area contributed by atoms with Crippen molar-refractivity contribution in [3.05, 3.63) is 64.7 Å². The van der Waals surface area contributed by atoms with E-state index in [1.165, 1.54) is 4.90 Å². The Kier molecular flexibility index (Phi) is 5.56. The van der Waals surface area contributed by atoms with E-state index in [9.17, 15) is 18.0 Å². The predicted molar refractivity (Wildman–Crippen MR) is 109 cm³/mol. The summed E-state index contributed by atoms with van der Waals surface area (Å²) in [7, 11) is -3.27. The molecule has 2 aromatic rings. The summed E-state index contributed by atoms with van der Waals surface area (Å²) in [5.74, 6) is -0.792. The van der Waals surface area contributed by atoms with Gasteiger partial charge in [-0.05, 0) is 43.5 Å². The lowest BCUT2D eigenvalue weighted by molar-refractivity contribution is -0.120. The number of aryl methyl sites for hydroxylation is 2. The number of anilines is 1. The Morgan fingerprint density at radius 2 is 1.89 bits per heavy atom. The third kappa shape index (κ3) is 4.42. The maximum absolute atomic E-state index is 13.1. The largest absolute Gasteiger partial charge is 0.324 e. The van der Waals surface area contributed by atoms with E-state index in [2.05, 4.69) is 5.32 Å². The summed E-state index contributed by atoms with van der Waals surface area (Å²) in [5.41, 5.74) is 4.05. The van der Waals surface area contributed by atoms with Crippen LogP contribution in [0.3, 0.4) is 0 Å². The Morgan fingerprint density at radius 1 is 1.18 bits per heavy atom. The summed E-state index contributed by atoms with van der Waals surface area (Å²) in [6.45, 7) is 4.16. The van der Waals surface area contributed by atoms with Crippen molar-refractivity contribution in [2.75, 3.05) is 17.3 Å². The van der Waals surface area contributed by atoms with E-state index in [4.69, 9.17) is 0 Å². The molecule has 1 heterocycles. The molecule has 28 heavy (non-hydrogen) atoms. The van der Waals surface area contributed by atoms with E-state index in [-0.39, 0.29) is 24.0 Å². The lowest BCUT2D eigenvalue weighted by Gasteiger charge is -2.27. The normalized spacial score (nSPS) is 14.7. The summed E-state index contributed by atoms with van der Waals surface area (Å²) in [6.07, 6.45) is 1.18. The van der Waals surface area contributed by atoms with E-state index in [1.54, 1.807) is 12.1 Å². The molecular formula is C21H24N2O4S. The molecule has 0 unspecified atom stereocenters. The van der Waals surface area contributed by atoms with Crippen LogP contribution >= 0.6 is 0 Å². The summed E-state index contributed by atoms with van der Waals surface area (Å²) in [6, 6.07) is 12.0. The van der Waals surface area contributed by atoms with Gasteiger partial charge in [-0.1, -0.05) is 35.9 Å². The third-order valence-electron chi connectivity index (χ3n) is 4.93. The third-order valence-corrected chi connectivity index (χ3v) is 5.91. The smallest absolute Gasteiger partial charge is 0.255 e.